The van der Waals surface area contributed by atoms with E-state index in [2.05, 4.69) is 0 Å². The van der Waals surface area contributed by atoms with Crippen LogP contribution >= 0.6 is 34.8 Å². The van der Waals surface area contributed by atoms with E-state index >= 15 is 0 Å². The van der Waals surface area contributed by atoms with Crippen LogP contribution in [-0.4, -0.2) is 17.0 Å². The maximum Gasteiger partial charge on any atom is 0.225 e. The van der Waals surface area contributed by atoms with Crippen LogP contribution in [0, 0.1) is 0 Å². The van der Waals surface area contributed by atoms with Gasteiger partial charge in [0.05, 0.1) is 5.69 Å². The van der Waals surface area contributed by atoms with Crippen LogP contribution in [0.15, 0.2) is 18.2 Å². The number of carbonyl (C=O) groups is 1. The Morgan fingerprint density at radius 1 is 1.44 bits per heavy atom. The van der Waals surface area contributed by atoms with Crippen LogP contribution in [0.5, 0.6) is 5.75 Å². The summed E-state index contributed by atoms with van der Waals surface area (Å²) in [6, 6.07) is 4.94. The zero-order chi connectivity index (χ0) is 11.9. The highest BCUT2D eigenvalue weighted by Gasteiger charge is 2.35. The first-order valence-corrected chi connectivity index (χ1v) is 5.80. The van der Waals surface area contributed by atoms with E-state index in [1.807, 2.05) is 0 Å². The molecular formula is C10H8Cl3NO2. The third-order valence-electron chi connectivity index (χ3n) is 2.22. The number of hydrogen-bond donors (Lipinski definition) is 0. The molecule has 1 amide bonds. The number of ether oxygens (including phenoxy) is 1. The SMILES string of the molecule is CC(=O)N1c2cc(Cl)ccc2OC(Cl)C1Cl. The second-order valence-electron chi connectivity index (χ2n) is 3.34. The van der Waals surface area contributed by atoms with E-state index in [1.165, 1.54) is 11.8 Å². The molecule has 0 aromatic heterocycles. The molecule has 16 heavy (non-hydrogen) atoms. The Kier molecular flexibility index (Phi) is 3.19. The molecule has 0 bridgehead atoms. The van der Waals surface area contributed by atoms with Gasteiger partial charge in [-0.05, 0) is 18.2 Å². The lowest BCUT2D eigenvalue weighted by Crippen LogP contribution is -2.46. The van der Waals surface area contributed by atoms with E-state index in [4.69, 9.17) is 39.5 Å². The van der Waals surface area contributed by atoms with Crippen LogP contribution < -0.4 is 9.64 Å². The third kappa shape index (κ3) is 1.95. The fraction of sp³-hybridized carbons (Fsp3) is 0.300. The fourth-order valence-corrected chi connectivity index (χ4v) is 2.22. The summed E-state index contributed by atoms with van der Waals surface area (Å²) in [4.78, 5) is 12.9. The van der Waals surface area contributed by atoms with Gasteiger partial charge in [0, 0.05) is 11.9 Å². The summed E-state index contributed by atoms with van der Waals surface area (Å²) < 4.78 is 5.36. The van der Waals surface area contributed by atoms with Crippen molar-refractivity contribution in [1.82, 2.24) is 0 Å². The first kappa shape index (κ1) is 11.8. The predicted molar refractivity (Wildman–Crippen MR) is 64.5 cm³/mol. The Balaban J connectivity index is 2.53. The number of fused-ring (bicyclic) bond motifs is 1. The molecular weight excluding hydrogens is 272 g/mol. The van der Waals surface area contributed by atoms with E-state index in [9.17, 15) is 4.79 Å². The van der Waals surface area contributed by atoms with Crippen molar-refractivity contribution in [2.24, 2.45) is 0 Å². The smallest absolute Gasteiger partial charge is 0.225 e. The van der Waals surface area contributed by atoms with Crippen LogP contribution in [0.4, 0.5) is 5.69 Å². The molecule has 6 heteroatoms. The Bertz CT molecular complexity index is 438. The molecule has 0 saturated heterocycles. The Morgan fingerprint density at radius 3 is 2.75 bits per heavy atom. The maximum atomic E-state index is 11.5. The minimum atomic E-state index is -0.778. The summed E-state index contributed by atoms with van der Waals surface area (Å²) in [7, 11) is 0. The molecule has 1 aromatic rings. The quantitative estimate of drug-likeness (QED) is 0.539. The highest BCUT2D eigenvalue weighted by atomic mass is 35.5. The van der Waals surface area contributed by atoms with Gasteiger partial charge in [-0.1, -0.05) is 34.8 Å². The summed E-state index contributed by atoms with van der Waals surface area (Å²) in [6.45, 7) is 1.41. The highest BCUT2D eigenvalue weighted by Crippen LogP contribution is 2.40. The number of anilines is 1. The summed E-state index contributed by atoms with van der Waals surface area (Å²) in [5, 5.41) is 0.505. The standard InChI is InChI=1S/C10H8Cl3NO2/c1-5(15)14-7-4-6(11)2-3-8(7)16-10(13)9(14)12/h2-4,9-10H,1H3. The summed E-state index contributed by atoms with van der Waals surface area (Å²) in [6.07, 6.45) is 0. The van der Waals surface area contributed by atoms with Crippen LogP contribution in [0.25, 0.3) is 0 Å². The zero-order valence-electron chi connectivity index (χ0n) is 8.28. The molecule has 1 aromatic carbocycles. The zero-order valence-corrected chi connectivity index (χ0v) is 10.6. The molecule has 0 fully saturated rings. The largest absolute Gasteiger partial charge is 0.469 e. The Hall–Kier alpha value is -0.640. The van der Waals surface area contributed by atoms with Gasteiger partial charge in [0.15, 0.2) is 5.50 Å². The molecule has 3 nitrogen and oxygen atoms in total. The minimum absolute atomic E-state index is 0.211. The molecule has 0 radical (unpaired) electrons. The number of nitrogens with zero attached hydrogens (tertiary/aromatic N) is 1. The maximum absolute atomic E-state index is 11.5. The van der Waals surface area contributed by atoms with Gasteiger partial charge in [0.25, 0.3) is 0 Å². The number of carbonyl (C=O) groups excluding carboxylic acids is 1. The van der Waals surface area contributed by atoms with Crippen molar-refractivity contribution in [3.63, 3.8) is 0 Å². The average Bonchev–Trinajstić information content (AvgIpc) is 2.20. The molecule has 86 valence electrons. The summed E-state index contributed by atoms with van der Waals surface area (Å²) in [5.41, 5.74) is -0.985. The van der Waals surface area contributed by atoms with Crippen molar-refractivity contribution in [1.29, 1.82) is 0 Å². The minimum Gasteiger partial charge on any atom is -0.469 e. The lowest BCUT2D eigenvalue weighted by atomic mass is 10.2. The molecule has 0 aliphatic carbocycles. The lowest BCUT2D eigenvalue weighted by Gasteiger charge is -2.35. The van der Waals surface area contributed by atoms with E-state index in [1.54, 1.807) is 18.2 Å². The van der Waals surface area contributed by atoms with E-state index in [0.717, 1.165) is 0 Å². The van der Waals surface area contributed by atoms with Crippen molar-refractivity contribution in [3.05, 3.63) is 23.2 Å². The molecule has 0 N–H and O–H groups in total. The Morgan fingerprint density at radius 2 is 2.12 bits per heavy atom. The number of amides is 1. The van der Waals surface area contributed by atoms with Crippen molar-refractivity contribution in [2.45, 2.75) is 18.0 Å². The topological polar surface area (TPSA) is 29.5 Å². The molecule has 0 spiro atoms. The molecule has 0 saturated carbocycles. The van der Waals surface area contributed by atoms with Gasteiger partial charge in [0.1, 0.15) is 5.75 Å². The van der Waals surface area contributed by atoms with Gasteiger partial charge in [-0.25, -0.2) is 0 Å². The molecule has 2 atom stereocenters. The predicted octanol–water partition coefficient (Wildman–Crippen LogP) is 3.22. The van der Waals surface area contributed by atoms with Gasteiger partial charge in [-0.15, -0.1) is 0 Å². The second kappa shape index (κ2) is 4.32. The number of alkyl halides is 2. The summed E-state index contributed by atoms with van der Waals surface area (Å²) in [5.74, 6) is 0.286. The first-order valence-electron chi connectivity index (χ1n) is 4.55. The van der Waals surface area contributed by atoms with Crippen molar-refractivity contribution >= 4 is 46.4 Å². The number of halogens is 3. The molecule has 1 heterocycles. The van der Waals surface area contributed by atoms with E-state index in [-0.39, 0.29) is 5.91 Å². The van der Waals surface area contributed by atoms with Gasteiger partial charge >= 0.3 is 0 Å². The van der Waals surface area contributed by atoms with E-state index in [0.29, 0.717) is 16.5 Å². The second-order valence-corrected chi connectivity index (χ2v) is 4.66. The van der Waals surface area contributed by atoms with Gasteiger partial charge in [-0.2, -0.15) is 0 Å². The van der Waals surface area contributed by atoms with Crippen LogP contribution in [-0.2, 0) is 4.79 Å². The summed E-state index contributed by atoms with van der Waals surface area (Å²) >= 11 is 17.8. The van der Waals surface area contributed by atoms with Crippen molar-refractivity contribution in [2.75, 3.05) is 4.90 Å². The lowest BCUT2D eigenvalue weighted by molar-refractivity contribution is -0.117. The third-order valence-corrected chi connectivity index (χ3v) is 3.34. The highest BCUT2D eigenvalue weighted by molar-refractivity contribution is 6.33. The van der Waals surface area contributed by atoms with Crippen LogP contribution in [0.2, 0.25) is 5.02 Å². The molecule has 1 aliphatic rings. The Labute approximate surface area is 108 Å². The van der Waals surface area contributed by atoms with Gasteiger partial charge in [-0.3, -0.25) is 9.69 Å². The monoisotopic (exact) mass is 279 g/mol. The van der Waals surface area contributed by atoms with Crippen molar-refractivity contribution < 1.29 is 9.53 Å². The fourth-order valence-electron chi connectivity index (χ4n) is 1.55. The van der Waals surface area contributed by atoms with Gasteiger partial charge in [0.2, 0.25) is 11.5 Å². The number of hydrogen-bond acceptors (Lipinski definition) is 2. The van der Waals surface area contributed by atoms with Crippen LogP contribution in [0.3, 0.4) is 0 Å². The number of benzene rings is 1. The normalized spacial score (nSPS) is 23.6. The van der Waals surface area contributed by atoms with Gasteiger partial charge < -0.3 is 4.74 Å². The van der Waals surface area contributed by atoms with Crippen LogP contribution in [0.1, 0.15) is 6.92 Å². The first-order chi connectivity index (χ1) is 7.50. The molecule has 2 unspecified atom stereocenters. The molecule has 2 rings (SSSR count). The van der Waals surface area contributed by atoms with Crippen molar-refractivity contribution in [3.8, 4) is 5.75 Å². The molecule has 1 aliphatic heterocycles. The van der Waals surface area contributed by atoms with E-state index < -0.39 is 11.1 Å². The average molecular weight is 281 g/mol. The number of rotatable bonds is 0.